The summed E-state index contributed by atoms with van der Waals surface area (Å²) in [6.45, 7) is -0.649. The lowest BCUT2D eigenvalue weighted by Gasteiger charge is -2.22. The van der Waals surface area contributed by atoms with Crippen molar-refractivity contribution in [3.63, 3.8) is 0 Å². The lowest BCUT2D eigenvalue weighted by molar-refractivity contribution is -0.384. The largest absolute Gasteiger partial charge is 0.478 e. The summed E-state index contributed by atoms with van der Waals surface area (Å²) >= 11 is 0. The highest BCUT2D eigenvalue weighted by atomic mass is 16.6. The van der Waals surface area contributed by atoms with E-state index in [9.17, 15) is 29.9 Å². The van der Waals surface area contributed by atoms with Crippen LogP contribution in [0.25, 0.3) is 0 Å². The molecule has 26 heavy (non-hydrogen) atoms. The van der Waals surface area contributed by atoms with Crippen molar-refractivity contribution < 1.29 is 29.8 Å². The third-order valence-electron chi connectivity index (χ3n) is 3.72. The molecular weight excluding hydrogens is 348 g/mol. The quantitative estimate of drug-likeness (QED) is 0.388. The number of amides is 1. The highest BCUT2D eigenvalue weighted by molar-refractivity contribution is 6.03. The molecule has 0 bridgehead atoms. The van der Waals surface area contributed by atoms with Crippen LogP contribution in [0, 0.1) is 10.1 Å². The number of carboxylic acids is 1. The fourth-order valence-corrected chi connectivity index (χ4v) is 2.35. The van der Waals surface area contributed by atoms with Gasteiger partial charge in [-0.05, 0) is 17.7 Å². The molecule has 11 heteroatoms. The smallest absolute Gasteiger partial charge is 0.339 e. The Morgan fingerprint density at radius 2 is 1.96 bits per heavy atom. The molecule has 0 fully saturated rings. The highest BCUT2D eigenvalue weighted by Gasteiger charge is 2.27. The minimum atomic E-state index is -1.37. The number of aromatic carboxylic acids is 1. The molecule has 0 radical (unpaired) electrons. The van der Waals surface area contributed by atoms with Crippen molar-refractivity contribution in [1.82, 2.24) is 15.1 Å². The van der Waals surface area contributed by atoms with E-state index in [2.05, 4.69) is 10.4 Å². The van der Waals surface area contributed by atoms with Crippen LogP contribution in [0.3, 0.4) is 0 Å². The number of nitro benzene ring substituents is 1. The Balaban J connectivity index is 2.20. The van der Waals surface area contributed by atoms with E-state index in [1.807, 2.05) is 0 Å². The molecule has 2 unspecified atom stereocenters. The van der Waals surface area contributed by atoms with Crippen molar-refractivity contribution >= 4 is 17.6 Å². The Kier molecular flexibility index (Phi) is 5.64. The van der Waals surface area contributed by atoms with Gasteiger partial charge in [0.05, 0.1) is 23.8 Å². The number of nitro groups is 1. The predicted molar refractivity (Wildman–Crippen MR) is 86.6 cm³/mol. The van der Waals surface area contributed by atoms with E-state index in [4.69, 9.17) is 5.11 Å². The standard InChI is InChI=1S/C15H16N4O7/c1-18-12(10(6-16-18)15(23)24)14(22)17-11(7-20)13(21)8-2-4-9(5-3-8)19(25)26/h2-6,11,13,20-21H,7H2,1H3,(H,17,22)(H,23,24). The molecular formula is C15H16N4O7. The van der Waals surface area contributed by atoms with Crippen molar-refractivity contribution in [2.24, 2.45) is 7.05 Å². The molecule has 0 spiro atoms. The third-order valence-corrected chi connectivity index (χ3v) is 3.72. The lowest BCUT2D eigenvalue weighted by atomic mass is 10.0. The topological polar surface area (TPSA) is 168 Å². The molecule has 1 aromatic heterocycles. The first kappa shape index (κ1) is 19.0. The number of carbonyl (C=O) groups excluding carboxylic acids is 1. The summed E-state index contributed by atoms with van der Waals surface area (Å²) < 4.78 is 1.06. The number of aliphatic hydroxyl groups excluding tert-OH is 2. The van der Waals surface area contributed by atoms with Gasteiger partial charge in [-0.1, -0.05) is 0 Å². The zero-order valence-electron chi connectivity index (χ0n) is 13.6. The second-order valence-electron chi connectivity index (χ2n) is 5.39. The molecule has 0 saturated carbocycles. The highest BCUT2D eigenvalue weighted by Crippen LogP contribution is 2.21. The van der Waals surface area contributed by atoms with Crippen molar-refractivity contribution in [3.8, 4) is 0 Å². The minimum Gasteiger partial charge on any atom is -0.478 e. The van der Waals surface area contributed by atoms with Gasteiger partial charge in [-0.15, -0.1) is 0 Å². The number of hydrogen-bond donors (Lipinski definition) is 4. The van der Waals surface area contributed by atoms with E-state index in [-0.39, 0.29) is 22.5 Å². The average molecular weight is 364 g/mol. The number of benzene rings is 1. The number of carboxylic acid groups (broad SMARTS) is 1. The molecule has 0 saturated heterocycles. The van der Waals surface area contributed by atoms with Crippen molar-refractivity contribution in [2.75, 3.05) is 6.61 Å². The van der Waals surface area contributed by atoms with Gasteiger partial charge in [0.1, 0.15) is 17.4 Å². The van der Waals surface area contributed by atoms with Gasteiger partial charge < -0.3 is 20.6 Å². The Hall–Kier alpha value is -3.31. The number of aliphatic hydroxyl groups is 2. The number of aromatic nitrogens is 2. The third kappa shape index (κ3) is 3.84. The molecule has 0 aliphatic heterocycles. The van der Waals surface area contributed by atoms with Crippen LogP contribution in [0.1, 0.15) is 32.5 Å². The van der Waals surface area contributed by atoms with Crippen molar-refractivity contribution in [2.45, 2.75) is 12.1 Å². The van der Waals surface area contributed by atoms with Crippen LogP contribution in [0.4, 0.5) is 5.69 Å². The summed E-state index contributed by atoms with van der Waals surface area (Å²) in [5.74, 6) is -2.19. The lowest BCUT2D eigenvalue weighted by Crippen LogP contribution is -2.43. The van der Waals surface area contributed by atoms with Gasteiger partial charge >= 0.3 is 5.97 Å². The molecule has 1 aromatic carbocycles. The van der Waals surface area contributed by atoms with Gasteiger partial charge in [0, 0.05) is 19.2 Å². The van der Waals surface area contributed by atoms with Gasteiger partial charge in [-0.25, -0.2) is 4.79 Å². The average Bonchev–Trinajstić information content (AvgIpc) is 3.01. The molecule has 2 aromatic rings. The fraction of sp³-hybridized carbons (Fsp3) is 0.267. The second-order valence-corrected chi connectivity index (χ2v) is 5.39. The van der Waals surface area contributed by atoms with Gasteiger partial charge in [-0.2, -0.15) is 5.10 Å². The van der Waals surface area contributed by atoms with Crippen molar-refractivity contribution in [3.05, 3.63) is 57.4 Å². The molecule has 1 amide bonds. The maximum absolute atomic E-state index is 12.4. The summed E-state index contributed by atoms with van der Waals surface area (Å²) in [5, 5.41) is 45.6. The zero-order valence-corrected chi connectivity index (χ0v) is 13.6. The van der Waals surface area contributed by atoms with Crippen LogP contribution >= 0.6 is 0 Å². The van der Waals surface area contributed by atoms with Gasteiger partial charge in [0.2, 0.25) is 0 Å². The van der Waals surface area contributed by atoms with Crippen LogP contribution in [0.2, 0.25) is 0 Å². The normalized spacial score (nSPS) is 13.0. The second kappa shape index (κ2) is 7.72. The van der Waals surface area contributed by atoms with Gasteiger partial charge in [-0.3, -0.25) is 19.6 Å². The number of non-ortho nitro benzene ring substituents is 1. The number of rotatable bonds is 7. The number of aryl methyl sites for hydroxylation is 1. The van der Waals surface area contributed by atoms with Crippen LogP contribution < -0.4 is 5.32 Å². The van der Waals surface area contributed by atoms with Crippen molar-refractivity contribution in [1.29, 1.82) is 0 Å². The molecule has 4 N–H and O–H groups in total. The summed E-state index contributed by atoms with van der Waals surface area (Å²) in [7, 11) is 1.38. The Bertz CT molecular complexity index is 831. The molecule has 138 valence electrons. The monoisotopic (exact) mass is 364 g/mol. The van der Waals surface area contributed by atoms with E-state index in [0.717, 1.165) is 10.9 Å². The number of carbonyl (C=O) groups is 2. The summed E-state index contributed by atoms with van der Waals surface area (Å²) in [6.07, 6.45) is -0.357. The molecule has 1 heterocycles. The molecule has 2 atom stereocenters. The summed E-state index contributed by atoms with van der Waals surface area (Å²) in [5.41, 5.74) is -0.511. The fourth-order valence-electron chi connectivity index (χ4n) is 2.35. The van der Waals surface area contributed by atoms with Crippen LogP contribution in [-0.4, -0.2) is 54.5 Å². The first-order chi connectivity index (χ1) is 12.3. The van der Waals surface area contributed by atoms with E-state index >= 15 is 0 Å². The number of nitrogens with one attached hydrogen (secondary N) is 1. The van der Waals surface area contributed by atoms with Gasteiger partial charge in [0.15, 0.2) is 0 Å². The van der Waals surface area contributed by atoms with Crippen LogP contribution in [0.15, 0.2) is 30.5 Å². The Labute approximate surface area is 146 Å². The van der Waals surface area contributed by atoms with E-state index in [1.165, 1.54) is 31.3 Å². The van der Waals surface area contributed by atoms with Gasteiger partial charge in [0.25, 0.3) is 11.6 Å². The maximum atomic E-state index is 12.4. The van der Waals surface area contributed by atoms with Crippen LogP contribution in [0.5, 0.6) is 0 Å². The SMILES string of the molecule is Cn1ncc(C(=O)O)c1C(=O)NC(CO)C(O)c1ccc([N+](=O)[O-])cc1. The molecule has 2 rings (SSSR count). The minimum absolute atomic E-state index is 0.175. The summed E-state index contributed by atoms with van der Waals surface area (Å²) in [4.78, 5) is 33.6. The molecule has 0 aliphatic rings. The Morgan fingerprint density at radius 1 is 1.35 bits per heavy atom. The Morgan fingerprint density at radius 3 is 2.46 bits per heavy atom. The molecule has 0 aliphatic carbocycles. The molecule has 11 nitrogen and oxygen atoms in total. The number of nitrogens with zero attached hydrogens (tertiary/aromatic N) is 3. The predicted octanol–water partition coefficient (Wildman–Crippen LogP) is -0.149. The zero-order chi connectivity index (χ0) is 19.4. The van der Waals surface area contributed by atoms with E-state index < -0.39 is 35.6 Å². The number of hydrogen-bond acceptors (Lipinski definition) is 7. The summed E-state index contributed by atoms with van der Waals surface area (Å²) in [6, 6.07) is 3.78. The van der Waals surface area contributed by atoms with Crippen LogP contribution in [-0.2, 0) is 7.05 Å². The van der Waals surface area contributed by atoms with E-state index in [0.29, 0.717) is 0 Å². The first-order valence-corrected chi connectivity index (χ1v) is 7.35. The van der Waals surface area contributed by atoms with E-state index in [1.54, 1.807) is 0 Å². The first-order valence-electron chi connectivity index (χ1n) is 7.35. The maximum Gasteiger partial charge on any atom is 0.339 e.